The molecule has 0 aromatic heterocycles. The summed E-state index contributed by atoms with van der Waals surface area (Å²) < 4.78 is 11.0. The largest absolute Gasteiger partial charge is 0.497 e. The summed E-state index contributed by atoms with van der Waals surface area (Å²) in [6.07, 6.45) is 8.02. The summed E-state index contributed by atoms with van der Waals surface area (Å²) in [6, 6.07) is 8.12. The standard InChI is InChI=1S/C23H29NO3/c1-15-5-4-10-23(2)12-21-18(11-20(15)23)19(22(25)27-21)14-24-13-16-6-8-17(26-3)9-7-16/h5-9,11,18-19,21,24H,4,10,12-14H2,1-3H3/p+1/t18-,19-,21-,23-/m1/s1. The number of hydrogen-bond donors (Lipinski definition) is 1. The van der Waals surface area contributed by atoms with Crippen LogP contribution in [0, 0.1) is 17.3 Å². The number of allylic oxidation sites excluding steroid dienone is 3. The quantitative estimate of drug-likeness (QED) is 0.813. The molecule has 4 nitrogen and oxygen atoms in total. The highest BCUT2D eigenvalue weighted by Gasteiger charge is 2.51. The molecular formula is C23H30NO3+. The minimum absolute atomic E-state index is 0.0169. The Bertz CT molecular complexity index is 779. The molecule has 4 atom stereocenters. The second-order valence-electron chi connectivity index (χ2n) is 8.51. The Labute approximate surface area is 161 Å². The highest BCUT2D eigenvalue weighted by molar-refractivity contribution is 5.76. The van der Waals surface area contributed by atoms with E-state index in [2.05, 4.69) is 43.4 Å². The van der Waals surface area contributed by atoms with Crippen molar-refractivity contribution in [2.45, 2.75) is 45.8 Å². The van der Waals surface area contributed by atoms with E-state index in [0.717, 1.165) is 38.1 Å². The number of nitrogens with two attached hydrogens (primary N) is 1. The molecular weight excluding hydrogens is 338 g/mol. The lowest BCUT2D eigenvalue weighted by molar-refractivity contribution is -0.674. The van der Waals surface area contributed by atoms with E-state index >= 15 is 0 Å². The topological polar surface area (TPSA) is 52.1 Å². The summed E-state index contributed by atoms with van der Waals surface area (Å²) in [5.74, 6) is 1.03. The first-order chi connectivity index (χ1) is 13.0. The van der Waals surface area contributed by atoms with Gasteiger partial charge in [-0.25, -0.2) is 0 Å². The summed E-state index contributed by atoms with van der Waals surface area (Å²) >= 11 is 0. The molecule has 1 aromatic rings. The van der Waals surface area contributed by atoms with Gasteiger partial charge in [0.1, 0.15) is 24.3 Å². The van der Waals surface area contributed by atoms with Gasteiger partial charge in [-0.2, -0.15) is 0 Å². The number of rotatable bonds is 5. The van der Waals surface area contributed by atoms with Gasteiger partial charge in [-0.1, -0.05) is 24.6 Å². The second-order valence-corrected chi connectivity index (χ2v) is 8.51. The van der Waals surface area contributed by atoms with Crippen LogP contribution in [0.5, 0.6) is 5.75 Å². The Morgan fingerprint density at radius 3 is 2.81 bits per heavy atom. The molecule has 1 fully saturated rings. The average Bonchev–Trinajstić information content (AvgIpc) is 2.95. The van der Waals surface area contributed by atoms with Crippen molar-refractivity contribution in [1.82, 2.24) is 0 Å². The van der Waals surface area contributed by atoms with Gasteiger partial charge in [0.05, 0.1) is 13.7 Å². The lowest BCUT2D eigenvalue weighted by Crippen LogP contribution is -2.84. The molecule has 2 aliphatic carbocycles. The first kappa shape index (κ1) is 18.3. The van der Waals surface area contributed by atoms with Gasteiger partial charge in [-0.05, 0) is 61.4 Å². The second kappa shape index (κ2) is 7.16. The van der Waals surface area contributed by atoms with Gasteiger partial charge >= 0.3 is 5.97 Å². The van der Waals surface area contributed by atoms with Crippen LogP contribution >= 0.6 is 0 Å². The summed E-state index contributed by atoms with van der Waals surface area (Å²) in [7, 11) is 1.68. The number of carbonyl (C=O) groups excluding carboxylic acids is 1. The molecule has 144 valence electrons. The molecule has 4 heteroatoms. The number of hydrogen-bond acceptors (Lipinski definition) is 3. The summed E-state index contributed by atoms with van der Waals surface area (Å²) in [5, 5.41) is 2.23. The maximum absolute atomic E-state index is 12.6. The minimum atomic E-state index is -0.0416. The van der Waals surface area contributed by atoms with Crippen LogP contribution in [-0.4, -0.2) is 25.7 Å². The molecule has 2 N–H and O–H groups in total. The molecule has 1 aromatic carbocycles. The first-order valence-corrected chi connectivity index (χ1v) is 10.0. The van der Waals surface area contributed by atoms with Crippen LogP contribution in [0.4, 0.5) is 0 Å². The van der Waals surface area contributed by atoms with E-state index < -0.39 is 0 Å². The Balaban J connectivity index is 1.44. The Morgan fingerprint density at radius 1 is 1.30 bits per heavy atom. The molecule has 0 radical (unpaired) electrons. The minimum Gasteiger partial charge on any atom is -0.497 e. The van der Waals surface area contributed by atoms with Crippen LogP contribution < -0.4 is 10.1 Å². The zero-order valence-electron chi connectivity index (χ0n) is 16.5. The van der Waals surface area contributed by atoms with Crippen molar-refractivity contribution in [3.05, 3.63) is 53.1 Å². The monoisotopic (exact) mass is 368 g/mol. The average molecular weight is 368 g/mol. The molecule has 0 spiro atoms. The van der Waals surface area contributed by atoms with Gasteiger partial charge in [0, 0.05) is 11.5 Å². The number of quaternary nitrogens is 1. The molecule has 3 aliphatic rings. The van der Waals surface area contributed by atoms with E-state index in [0.29, 0.717) is 0 Å². The highest BCUT2D eigenvalue weighted by atomic mass is 16.6. The molecule has 4 rings (SSSR count). The Morgan fingerprint density at radius 2 is 2.07 bits per heavy atom. The zero-order chi connectivity index (χ0) is 19.0. The smallest absolute Gasteiger partial charge is 0.315 e. The fraction of sp³-hybridized carbons (Fsp3) is 0.522. The van der Waals surface area contributed by atoms with Crippen molar-refractivity contribution in [2.24, 2.45) is 17.3 Å². The predicted octanol–water partition coefficient (Wildman–Crippen LogP) is 2.99. The van der Waals surface area contributed by atoms with E-state index in [-0.39, 0.29) is 29.3 Å². The van der Waals surface area contributed by atoms with Crippen LogP contribution in [0.1, 0.15) is 38.7 Å². The number of ether oxygens (including phenoxy) is 2. The maximum Gasteiger partial charge on any atom is 0.315 e. The highest BCUT2D eigenvalue weighted by Crippen LogP contribution is 2.52. The Kier molecular flexibility index (Phi) is 4.85. The van der Waals surface area contributed by atoms with Gasteiger partial charge in [0.15, 0.2) is 0 Å². The fourth-order valence-electron chi connectivity index (χ4n) is 5.09. The van der Waals surface area contributed by atoms with E-state index in [9.17, 15) is 4.79 Å². The third-order valence-electron chi connectivity index (χ3n) is 6.66. The first-order valence-electron chi connectivity index (χ1n) is 10.0. The SMILES string of the molecule is COc1ccc(C[NH2+]C[C@H]2C(=O)O[C@@H]3C[C@@]4(C)CCC=C(C)C4=C[C@@H]32)cc1. The number of fused-ring (bicyclic) bond motifs is 2. The molecule has 0 saturated carbocycles. The Hall–Kier alpha value is -2.07. The van der Waals surface area contributed by atoms with Crippen LogP contribution in [0.3, 0.4) is 0 Å². The molecule has 0 amide bonds. The number of benzene rings is 1. The van der Waals surface area contributed by atoms with Crippen LogP contribution in [0.15, 0.2) is 47.6 Å². The van der Waals surface area contributed by atoms with Gasteiger partial charge in [0.25, 0.3) is 0 Å². The maximum atomic E-state index is 12.6. The molecule has 27 heavy (non-hydrogen) atoms. The van der Waals surface area contributed by atoms with Crippen molar-refractivity contribution in [3.63, 3.8) is 0 Å². The normalized spacial score (nSPS) is 32.1. The fourth-order valence-corrected chi connectivity index (χ4v) is 5.09. The van der Waals surface area contributed by atoms with Crippen molar-refractivity contribution >= 4 is 5.97 Å². The zero-order valence-corrected chi connectivity index (χ0v) is 16.5. The lowest BCUT2D eigenvalue weighted by Gasteiger charge is -2.42. The van der Waals surface area contributed by atoms with Crippen molar-refractivity contribution in [2.75, 3.05) is 13.7 Å². The van der Waals surface area contributed by atoms with Gasteiger partial charge < -0.3 is 14.8 Å². The van der Waals surface area contributed by atoms with Crippen molar-refractivity contribution in [3.8, 4) is 5.75 Å². The molecule has 1 aliphatic heterocycles. The van der Waals surface area contributed by atoms with E-state index in [4.69, 9.17) is 9.47 Å². The van der Waals surface area contributed by atoms with E-state index in [1.54, 1.807) is 7.11 Å². The predicted molar refractivity (Wildman–Crippen MR) is 104 cm³/mol. The van der Waals surface area contributed by atoms with Crippen molar-refractivity contribution < 1.29 is 19.6 Å². The molecule has 1 saturated heterocycles. The van der Waals surface area contributed by atoms with E-state index in [1.165, 1.54) is 16.7 Å². The van der Waals surface area contributed by atoms with Crippen LogP contribution in [-0.2, 0) is 16.1 Å². The van der Waals surface area contributed by atoms with Gasteiger partial charge in [-0.3, -0.25) is 4.79 Å². The summed E-state index contributed by atoms with van der Waals surface area (Å²) in [6.45, 7) is 6.18. The molecule has 0 unspecified atom stereocenters. The van der Waals surface area contributed by atoms with Gasteiger partial charge in [-0.15, -0.1) is 0 Å². The van der Waals surface area contributed by atoms with Gasteiger partial charge in [0.2, 0.25) is 0 Å². The molecule has 1 heterocycles. The van der Waals surface area contributed by atoms with Crippen LogP contribution in [0.25, 0.3) is 0 Å². The van der Waals surface area contributed by atoms with Crippen LogP contribution in [0.2, 0.25) is 0 Å². The summed E-state index contributed by atoms with van der Waals surface area (Å²) in [4.78, 5) is 12.6. The van der Waals surface area contributed by atoms with Crippen molar-refractivity contribution in [1.29, 1.82) is 0 Å². The summed E-state index contributed by atoms with van der Waals surface area (Å²) in [5.41, 5.74) is 4.25. The number of esters is 1. The molecule has 0 bridgehead atoms. The third-order valence-corrected chi connectivity index (χ3v) is 6.66. The third kappa shape index (κ3) is 3.43. The lowest BCUT2D eigenvalue weighted by atomic mass is 9.62. The van der Waals surface area contributed by atoms with E-state index in [1.807, 2.05) is 12.1 Å². The number of methoxy groups -OCH3 is 1. The number of carbonyl (C=O) groups is 1.